The highest BCUT2D eigenvalue weighted by Crippen LogP contribution is 2.51. The van der Waals surface area contributed by atoms with Crippen LogP contribution in [0.4, 0.5) is 4.79 Å². The third kappa shape index (κ3) is 9.54. The van der Waals surface area contributed by atoms with Crippen LogP contribution < -0.4 is 21.3 Å². The fraction of sp³-hybridized carbons (Fsp3) is 0.895. The van der Waals surface area contributed by atoms with Gasteiger partial charge in [0, 0.05) is 18.6 Å². The van der Waals surface area contributed by atoms with Crippen molar-refractivity contribution in [2.45, 2.75) is 180 Å². The number of hydrogen-bond acceptors (Lipinski definition) is 6. The third-order valence-electron chi connectivity index (χ3n) is 11.8. The first-order valence-corrected chi connectivity index (χ1v) is 21.0. The first-order valence-electron chi connectivity index (χ1n) is 19.4. The van der Waals surface area contributed by atoms with Gasteiger partial charge in [0.1, 0.15) is 12.1 Å². The van der Waals surface area contributed by atoms with E-state index in [9.17, 15) is 27.6 Å². The highest BCUT2D eigenvalue weighted by atomic mass is 32.2. The number of rotatable bonds is 14. The number of nitrogens with zero attached hydrogens (tertiary/aromatic N) is 1. The topological polar surface area (TPSA) is 154 Å². The molecule has 1 heterocycles. The standard InChI is InChI=1S/C38H67N5O6S/c1-10-11-15-29(38(20-21-38)33(46)39-27-16-17-27)40-31(44)28-22-26(25(2)3)23-43(28)32(45)30(35(4,5)6)41-34(47)42-37(18-13-12-14-19-37)24-50(48,49)36(7,8)9/h25-30H,10-24H2,1-9H3,(H,39,46)(H,40,44)(H2,41,42,47)/t26?,28-,29-,30+/m0/s1. The summed E-state index contributed by atoms with van der Waals surface area (Å²) >= 11 is 0. The normalized spacial score (nSPS) is 24.6. The van der Waals surface area contributed by atoms with Crippen molar-refractivity contribution in [3.63, 3.8) is 0 Å². The lowest BCUT2D eigenvalue weighted by Gasteiger charge is -2.41. The van der Waals surface area contributed by atoms with Crippen molar-refractivity contribution in [2.24, 2.45) is 22.7 Å². The van der Waals surface area contributed by atoms with E-state index >= 15 is 0 Å². The van der Waals surface area contributed by atoms with Crippen molar-refractivity contribution in [2.75, 3.05) is 12.3 Å². The van der Waals surface area contributed by atoms with Gasteiger partial charge in [0.15, 0.2) is 9.84 Å². The van der Waals surface area contributed by atoms with Gasteiger partial charge in [-0.25, -0.2) is 13.2 Å². The molecule has 0 radical (unpaired) electrons. The van der Waals surface area contributed by atoms with Crippen LogP contribution >= 0.6 is 0 Å². The molecule has 3 aliphatic carbocycles. The second kappa shape index (κ2) is 15.3. The molecule has 0 aromatic rings. The number of unbranched alkanes of at least 4 members (excludes halogenated alkanes) is 1. The van der Waals surface area contributed by atoms with Gasteiger partial charge in [-0.05, 0) is 89.4 Å². The molecule has 0 aromatic heterocycles. The van der Waals surface area contributed by atoms with E-state index in [1.54, 1.807) is 25.7 Å². The smallest absolute Gasteiger partial charge is 0.315 e. The molecular weight excluding hydrogens is 655 g/mol. The van der Waals surface area contributed by atoms with Gasteiger partial charge < -0.3 is 26.2 Å². The van der Waals surface area contributed by atoms with Crippen LogP contribution in [0, 0.1) is 22.7 Å². The van der Waals surface area contributed by atoms with Crippen LogP contribution in [0.3, 0.4) is 0 Å². The van der Waals surface area contributed by atoms with Crippen molar-refractivity contribution in [1.82, 2.24) is 26.2 Å². The summed E-state index contributed by atoms with van der Waals surface area (Å²) in [6.07, 6.45) is 10.2. The molecule has 4 fully saturated rings. The molecule has 0 bridgehead atoms. The molecule has 3 saturated carbocycles. The zero-order valence-electron chi connectivity index (χ0n) is 32.4. The summed E-state index contributed by atoms with van der Waals surface area (Å²) in [7, 11) is -3.54. The van der Waals surface area contributed by atoms with Crippen LogP contribution in [0.25, 0.3) is 0 Å². The summed E-state index contributed by atoms with van der Waals surface area (Å²) in [5, 5.41) is 12.5. The zero-order valence-corrected chi connectivity index (χ0v) is 33.2. The van der Waals surface area contributed by atoms with Crippen molar-refractivity contribution < 1.29 is 27.6 Å². The average molecular weight is 722 g/mol. The summed E-state index contributed by atoms with van der Waals surface area (Å²) in [6.45, 7) is 17.4. The molecular formula is C38H67N5O6S. The first kappa shape index (κ1) is 40.4. The Morgan fingerprint density at radius 1 is 0.900 bits per heavy atom. The lowest BCUT2D eigenvalue weighted by Crippen LogP contribution is -2.63. The molecule has 12 heteroatoms. The summed E-state index contributed by atoms with van der Waals surface area (Å²) in [5.41, 5.74) is -2.22. The maximum Gasteiger partial charge on any atom is 0.315 e. The summed E-state index contributed by atoms with van der Waals surface area (Å²) < 4.78 is 25.7. The number of hydrogen-bond donors (Lipinski definition) is 4. The van der Waals surface area contributed by atoms with E-state index in [2.05, 4.69) is 42.0 Å². The van der Waals surface area contributed by atoms with E-state index in [-0.39, 0.29) is 47.4 Å². The summed E-state index contributed by atoms with van der Waals surface area (Å²) in [6, 6.07) is -2.31. The minimum Gasteiger partial charge on any atom is -0.353 e. The molecule has 5 amide bonds. The molecule has 4 aliphatic rings. The lowest BCUT2D eigenvalue weighted by molar-refractivity contribution is -0.142. The van der Waals surface area contributed by atoms with Gasteiger partial charge in [-0.15, -0.1) is 0 Å². The maximum atomic E-state index is 14.6. The molecule has 1 aliphatic heterocycles. The van der Waals surface area contributed by atoms with Gasteiger partial charge in [-0.2, -0.15) is 0 Å². The fourth-order valence-electron chi connectivity index (χ4n) is 7.77. The minimum atomic E-state index is -3.54. The van der Waals surface area contributed by atoms with E-state index < -0.39 is 49.1 Å². The van der Waals surface area contributed by atoms with Crippen molar-refractivity contribution in [3.8, 4) is 0 Å². The Bertz CT molecular complexity index is 1350. The fourth-order valence-corrected chi connectivity index (χ4v) is 9.29. The second-order valence-corrected chi connectivity index (χ2v) is 21.2. The second-order valence-electron chi connectivity index (χ2n) is 18.5. The van der Waals surface area contributed by atoms with Crippen LogP contribution in [0.15, 0.2) is 0 Å². The molecule has 50 heavy (non-hydrogen) atoms. The number of carbonyl (C=O) groups is 4. The monoisotopic (exact) mass is 721 g/mol. The molecule has 1 unspecified atom stereocenters. The molecule has 11 nitrogen and oxygen atoms in total. The van der Waals surface area contributed by atoms with Gasteiger partial charge >= 0.3 is 6.03 Å². The average Bonchev–Trinajstić information content (AvgIpc) is 3.94. The summed E-state index contributed by atoms with van der Waals surface area (Å²) in [5.74, 6) is -0.352. The largest absolute Gasteiger partial charge is 0.353 e. The molecule has 0 spiro atoms. The van der Waals surface area contributed by atoms with Crippen LogP contribution in [-0.4, -0.2) is 83.8 Å². The Morgan fingerprint density at radius 3 is 2.02 bits per heavy atom. The number of amides is 5. The van der Waals surface area contributed by atoms with Gasteiger partial charge in [0.25, 0.3) is 0 Å². The van der Waals surface area contributed by atoms with Gasteiger partial charge in [0.2, 0.25) is 17.7 Å². The number of carbonyl (C=O) groups excluding carboxylic acids is 4. The van der Waals surface area contributed by atoms with Crippen LogP contribution in [0.1, 0.15) is 146 Å². The van der Waals surface area contributed by atoms with E-state index in [1.807, 2.05) is 20.8 Å². The highest BCUT2D eigenvalue weighted by molar-refractivity contribution is 7.92. The molecule has 4 rings (SSSR count). The maximum absolute atomic E-state index is 14.6. The Kier molecular flexibility index (Phi) is 12.4. The van der Waals surface area contributed by atoms with Gasteiger partial charge in [-0.3, -0.25) is 14.4 Å². The first-order chi connectivity index (χ1) is 23.1. The molecule has 1 saturated heterocycles. The Morgan fingerprint density at radius 2 is 1.52 bits per heavy atom. The van der Waals surface area contributed by atoms with Crippen LogP contribution in [0.5, 0.6) is 0 Å². The number of urea groups is 1. The Balaban J connectivity index is 1.55. The molecule has 286 valence electrons. The Labute approximate surface area is 301 Å². The SMILES string of the molecule is CCCC[C@H](NC(=O)[C@@H]1CC(C(C)C)CN1C(=O)[C@@H](NC(=O)NC1(CS(=O)(=O)C(C)(C)C)CCCCC1)C(C)(C)C)C1(C(=O)NC2CC2)CC1. The van der Waals surface area contributed by atoms with E-state index in [0.717, 1.165) is 57.8 Å². The van der Waals surface area contributed by atoms with E-state index in [0.29, 0.717) is 32.2 Å². The Hall–Kier alpha value is -2.37. The van der Waals surface area contributed by atoms with E-state index in [4.69, 9.17) is 0 Å². The predicted molar refractivity (Wildman–Crippen MR) is 197 cm³/mol. The van der Waals surface area contributed by atoms with Gasteiger partial charge in [0.05, 0.1) is 21.5 Å². The summed E-state index contributed by atoms with van der Waals surface area (Å²) in [4.78, 5) is 57.7. The zero-order chi connectivity index (χ0) is 37.3. The quantitative estimate of drug-likeness (QED) is 0.193. The van der Waals surface area contributed by atoms with Crippen molar-refractivity contribution in [3.05, 3.63) is 0 Å². The minimum absolute atomic E-state index is 0.0369. The van der Waals surface area contributed by atoms with Crippen LogP contribution in [-0.2, 0) is 24.2 Å². The van der Waals surface area contributed by atoms with Crippen molar-refractivity contribution >= 4 is 33.6 Å². The number of likely N-dealkylation sites (tertiary alicyclic amines) is 1. The molecule has 0 aromatic carbocycles. The molecule has 4 N–H and O–H groups in total. The predicted octanol–water partition coefficient (Wildman–Crippen LogP) is 5.22. The molecule has 4 atom stereocenters. The van der Waals surface area contributed by atoms with Gasteiger partial charge in [-0.1, -0.05) is 73.6 Å². The van der Waals surface area contributed by atoms with Crippen molar-refractivity contribution in [1.29, 1.82) is 0 Å². The lowest BCUT2D eigenvalue weighted by atomic mass is 9.83. The number of sulfone groups is 1. The highest BCUT2D eigenvalue weighted by Gasteiger charge is 2.57. The number of nitrogens with one attached hydrogen (secondary N) is 4. The van der Waals surface area contributed by atoms with E-state index in [1.165, 1.54) is 0 Å². The van der Waals surface area contributed by atoms with Crippen LogP contribution in [0.2, 0.25) is 0 Å². The third-order valence-corrected chi connectivity index (χ3v) is 14.6.